The lowest BCUT2D eigenvalue weighted by Crippen LogP contribution is -1.94. The van der Waals surface area contributed by atoms with E-state index in [9.17, 15) is 4.39 Å². The summed E-state index contributed by atoms with van der Waals surface area (Å²) < 4.78 is 13.8. The number of pyridine rings is 2. The fourth-order valence-electron chi connectivity index (χ4n) is 1.29. The van der Waals surface area contributed by atoms with Crippen molar-refractivity contribution in [2.75, 3.05) is 0 Å². The number of hydrogen-bond acceptors (Lipinski definition) is 2. The highest BCUT2D eigenvalue weighted by Crippen LogP contribution is 2.22. The Morgan fingerprint density at radius 1 is 1.27 bits per heavy atom. The van der Waals surface area contributed by atoms with Crippen LogP contribution in [0, 0.1) is 5.82 Å². The molecule has 0 aliphatic carbocycles. The van der Waals surface area contributed by atoms with Gasteiger partial charge in [0.1, 0.15) is 5.69 Å². The summed E-state index contributed by atoms with van der Waals surface area (Å²) in [5, 5.41) is 0. The summed E-state index contributed by atoms with van der Waals surface area (Å²) in [6.45, 7) is 0. The highest BCUT2D eigenvalue weighted by atomic mass is 35.5. The zero-order valence-electron chi connectivity index (χ0n) is 7.82. The van der Waals surface area contributed by atoms with E-state index in [4.69, 9.17) is 11.6 Å². The first-order valence-electron chi connectivity index (χ1n) is 4.42. The quantitative estimate of drug-likeness (QED) is 0.730. The summed E-state index contributed by atoms with van der Waals surface area (Å²) in [6.07, 6.45) is 4.75. The minimum absolute atomic E-state index is 0.140. The van der Waals surface area contributed by atoms with Gasteiger partial charge in [0.05, 0.1) is 5.88 Å². The molecule has 2 aromatic heterocycles. The van der Waals surface area contributed by atoms with Crippen molar-refractivity contribution in [1.82, 2.24) is 9.97 Å². The number of alkyl halides is 1. The van der Waals surface area contributed by atoms with Crippen LogP contribution in [0.25, 0.3) is 11.3 Å². The van der Waals surface area contributed by atoms with E-state index < -0.39 is 0 Å². The standard InChI is InChI=1S/C11H8ClFN2/c12-6-8-3-5-15-11(10(8)13)9-2-1-4-14-7-9/h1-5,7H,6H2. The number of halogens is 2. The Kier molecular flexibility index (Phi) is 2.92. The predicted molar refractivity (Wildman–Crippen MR) is 57.0 cm³/mol. The van der Waals surface area contributed by atoms with Gasteiger partial charge in [-0.05, 0) is 18.2 Å². The Hall–Kier alpha value is -1.48. The molecular weight excluding hydrogens is 215 g/mol. The molecule has 2 rings (SSSR count). The fourth-order valence-corrected chi connectivity index (χ4v) is 1.50. The Morgan fingerprint density at radius 3 is 2.80 bits per heavy atom. The third-order valence-electron chi connectivity index (χ3n) is 2.05. The van der Waals surface area contributed by atoms with Crippen LogP contribution in [0.1, 0.15) is 5.56 Å². The number of nitrogens with zero attached hydrogens (tertiary/aromatic N) is 2. The molecule has 76 valence electrons. The van der Waals surface area contributed by atoms with E-state index in [1.807, 2.05) is 0 Å². The molecule has 0 aromatic carbocycles. The average Bonchev–Trinajstić information content (AvgIpc) is 2.30. The highest BCUT2D eigenvalue weighted by molar-refractivity contribution is 6.17. The van der Waals surface area contributed by atoms with Gasteiger partial charge in [0, 0.05) is 29.7 Å². The molecule has 2 nitrogen and oxygen atoms in total. The first-order chi connectivity index (χ1) is 7.33. The molecule has 0 bridgehead atoms. The Balaban J connectivity index is 2.54. The third kappa shape index (κ3) is 1.97. The van der Waals surface area contributed by atoms with Crippen molar-refractivity contribution in [3.05, 3.63) is 48.2 Å². The van der Waals surface area contributed by atoms with Gasteiger partial charge in [-0.15, -0.1) is 11.6 Å². The van der Waals surface area contributed by atoms with Crippen LogP contribution in [0.15, 0.2) is 36.8 Å². The van der Waals surface area contributed by atoms with Crippen LogP contribution in [0.4, 0.5) is 4.39 Å². The van der Waals surface area contributed by atoms with Crippen molar-refractivity contribution in [3.63, 3.8) is 0 Å². The van der Waals surface area contributed by atoms with E-state index in [-0.39, 0.29) is 11.7 Å². The summed E-state index contributed by atoms with van der Waals surface area (Å²) >= 11 is 5.61. The normalized spacial score (nSPS) is 10.3. The molecular formula is C11H8ClFN2. The third-order valence-corrected chi connectivity index (χ3v) is 2.34. The molecule has 0 amide bonds. The smallest absolute Gasteiger partial charge is 0.153 e. The molecule has 15 heavy (non-hydrogen) atoms. The summed E-state index contributed by atoms with van der Waals surface area (Å²) in [5.41, 5.74) is 1.40. The Morgan fingerprint density at radius 2 is 2.13 bits per heavy atom. The monoisotopic (exact) mass is 222 g/mol. The van der Waals surface area contributed by atoms with Crippen molar-refractivity contribution < 1.29 is 4.39 Å². The number of aromatic nitrogens is 2. The van der Waals surface area contributed by atoms with Gasteiger partial charge in [-0.3, -0.25) is 9.97 Å². The SMILES string of the molecule is Fc1c(CCl)ccnc1-c1cccnc1. The maximum atomic E-state index is 13.8. The summed E-state index contributed by atoms with van der Waals surface area (Å²) in [4.78, 5) is 7.90. The van der Waals surface area contributed by atoms with Gasteiger partial charge in [0.2, 0.25) is 0 Å². The molecule has 0 radical (unpaired) electrons. The van der Waals surface area contributed by atoms with Gasteiger partial charge >= 0.3 is 0 Å². The molecule has 2 aromatic rings. The van der Waals surface area contributed by atoms with Crippen LogP contribution in [0.3, 0.4) is 0 Å². The maximum absolute atomic E-state index is 13.8. The van der Waals surface area contributed by atoms with E-state index in [0.717, 1.165) is 0 Å². The minimum Gasteiger partial charge on any atom is -0.264 e. The highest BCUT2D eigenvalue weighted by Gasteiger charge is 2.10. The fraction of sp³-hybridized carbons (Fsp3) is 0.0909. The van der Waals surface area contributed by atoms with Crippen LogP contribution in [-0.4, -0.2) is 9.97 Å². The van der Waals surface area contributed by atoms with E-state index in [2.05, 4.69) is 9.97 Å². The zero-order chi connectivity index (χ0) is 10.7. The largest absolute Gasteiger partial charge is 0.264 e. The second-order valence-corrected chi connectivity index (χ2v) is 3.28. The van der Waals surface area contributed by atoms with Gasteiger partial charge in [0.25, 0.3) is 0 Å². The average molecular weight is 223 g/mol. The summed E-state index contributed by atoms with van der Waals surface area (Å²) in [5.74, 6) is -0.234. The topological polar surface area (TPSA) is 25.8 Å². The zero-order valence-corrected chi connectivity index (χ0v) is 8.58. The minimum atomic E-state index is -0.375. The number of hydrogen-bond donors (Lipinski definition) is 0. The van der Waals surface area contributed by atoms with Crippen molar-refractivity contribution >= 4 is 11.6 Å². The van der Waals surface area contributed by atoms with Gasteiger partial charge in [-0.2, -0.15) is 0 Å². The molecule has 0 spiro atoms. The Labute approximate surface area is 91.8 Å². The number of rotatable bonds is 2. The lowest BCUT2D eigenvalue weighted by molar-refractivity contribution is 0.614. The van der Waals surface area contributed by atoms with Crippen molar-refractivity contribution in [3.8, 4) is 11.3 Å². The summed E-state index contributed by atoms with van der Waals surface area (Å²) in [7, 11) is 0. The van der Waals surface area contributed by atoms with Crippen molar-refractivity contribution in [2.24, 2.45) is 0 Å². The van der Waals surface area contributed by atoms with Crippen LogP contribution in [-0.2, 0) is 5.88 Å². The van der Waals surface area contributed by atoms with Crippen LogP contribution < -0.4 is 0 Å². The van der Waals surface area contributed by atoms with Gasteiger partial charge in [-0.25, -0.2) is 4.39 Å². The second kappa shape index (κ2) is 4.36. The lowest BCUT2D eigenvalue weighted by atomic mass is 10.1. The first-order valence-corrected chi connectivity index (χ1v) is 4.96. The molecule has 0 unspecified atom stereocenters. The molecule has 4 heteroatoms. The van der Waals surface area contributed by atoms with Crippen LogP contribution in [0.2, 0.25) is 0 Å². The maximum Gasteiger partial charge on any atom is 0.153 e. The van der Waals surface area contributed by atoms with Crippen LogP contribution in [0.5, 0.6) is 0 Å². The molecule has 0 aliphatic heterocycles. The van der Waals surface area contributed by atoms with Crippen molar-refractivity contribution in [2.45, 2.75) is 5.88 Å². The molecule has 0 saturated carbocycles. The van der Waals surface area contributed by atoms with E-state index in [0.29, 0.717) is 16.8 Å². The van der Waals surface area contributed by atoms with Gasteiger partial charge in [-0.1, -0.05) is 0 Å². The lowest BCUT2D eigenvalue weighted by Gasteiger charge is -2.04. The summed E-state index contributed by atoms with van der Waals surface area (Å²) in [6, 6.07) is 5.07. The predicted octanol–water partition coefficient (Wildman–Crippen LogP) is 3.02. The van der Waals surface area contributed by atoms with Gasteiger partial charge < -0.3 is 0 Å². The molecule has 0 atom stereocenters. The molecule has 0 aliphatic rings. The molecule has 0 fully saturated rings. The van der Waals surface area contributed by atoms with E-state index in [1.165, 1.54) is 0 Å². The first kappa shape index (κ1) is 10.1. The molecule has 0 N–H and O–H groups in total. The Bertz CT molecular complexity index is 459. The van der Waals surface area contributed by atoms with E-state index >= 15 is 0 Å². The van der Waals surface area contributed by atoms with E-state index in [1.54, 1.807) is 36.8 Å². The molecule has 2 heterocycles. The second-order valence-electron chi connectivity index (χ2n) is 3.01. The van der Waals surface area contributed by atoms with Crippen molar-refractivity contribution in [1.29, 1.82) is 0 Å². The molecule has 0 saturated heterocycles. The van der Waals surface area contributed by atoms with Gasteiger partial charge in [0.15, 0.2) is 5.82 Å². The van der Waals surface area contributed by atoms with Crippen LogP contribution >= 0.6 is 11.6 Å².